The topological polar surface area (TPSA) is 23.6 Å². The number of hydrogen-bond donors (Lipinski definition) is 0. The number of rotatable bonds is 4. The molecule has 0 bridgehead atoms. The first-order valence-corrected chi connectivity index (χ1v) is 8.41. The van der Waals surface area contributed by atoms with E-state index in [-0.39, 0.29) is 5.91 Å². The molecule has 1 saturated heterocycles. The molecule has 1 amide bonds. The predicted octanol–water partition coefficient (Wildman–Crippen LogP) is 2.72. The number of amides is 1. The van der Waals surface area contributed by atoms with Crippen LogP contribution in [0.25, 0.3) is 0 Å². The van der Waals surface area contributed by atoms with Crippen molar-refractivity contribution in [1.82, 2.24) is 9.80 Å². The van der Waals surface area contributed by atoms with Crippen LogP contribution in [0.2, 0.25) is 0 Å². The Morgan fingerprint density at radius 2 is 1.95 bits per heavy atom. The quantitative estimate of drug-likeness (QED) is 0.788. The van der Waals surface area contributed by atoms with Gasteiger partial charge in [0, 0.05) is 44.4 Å². The van der Waals surface area contributed by atoms with Crippen LogP contribution in [0.5, 0.6) is 0 Å². The summed E-state index contributed by atoms with van der Waals surface area (Å²) in [6.45, 7) is 6.55. The van der Waals surface area contributed by atoms with Crippen molar-refractivity contribution in [2.45, 2.75) is 19.3 Å². The summed E-state index contributed by atoms with van der Waals surface area (Å²) in [5, 5.41) is 0.976. The van der Waals surface area contributed by atoms with E-state index in [0.29, 0.717) is 5.92 Å². The molecule has 1 aromatic rings. The third-order valence-corrected chi connectivity index (χ3v) is 4.75. The molecule has 1 unspecified atom stereocenters. The average molecular weight is 339 g/mol. The van der Waals surface area contributed by atoms with Crippen molar-refractivity contribution in [2.24, 2.45) is 0 Å². The molecule has 0 spiro atoms. The molecule has 110 valence electrons. The van der Waals surface area contributed by atoms with E-state index in [1.54, 1.807) is 6.92 Å². The molecule has 1 aromatic carbocycles. The molecule has 0 aromatic heterocycles. The maximum Gasteiger partial charge on any atom is 0.219 e. The zero-order valence-corrected chi connectivity index (χ0v) is 13.7. The van der Waals surface area contributed by atoms with Crippen molar-refractivity contribution in [3.63, 3.8) is 0 Å². The molecule has 1 fully saturated rings. The highest BCUT2D eigenvalue weighted by atomic mass is 79.9. The lowest BCUT2D eigenvalue weighted by Gasteiger charge is -2.25. The summed E-state index contributed by atoms with van der Waals surface area (Å²) in [5.74, 6) is 0.715. The Morgan fingerprint density at radius 1 is 1.20 bits per heavy atom. The van der Waals surface area contributed by atoms with Gasteiger partial charge in [-0.3, -0.25) is 4.79 Å². The fourth-order valence-electron chi connectivity index (χ4n) is 2.75. The normalized spacial score (nSPS) is 18.6. The molecule has 0 N–H and O–H groups in total. The van der Waals surface area contributed by atoms with E-state index in [2.05, 4.69) is 51.2 Å². The lowest BCUT2D eigenvalue weighted by molar-refractivity contribution is -0.128. The van der Waals surface area contributed by atoms with E-state index in [1.165, 1.54) is 5.56 Å². The molecule has 3 nitrogen and oxygen atoms in total. The number of hydrogen-bond acceptors (Lipinski definition) is 2. The Kier molecular flexibility index (Phi) is 6.05. The van der Waals surface area contributed by atoms with Crippen LogP contribution in [0.4, 0.5) is 0 Å². The number of nitrogens with zero attached hydrogens (tertiary/aromatic N) is 2. The highest BCUT2D eigenvalue weighted by Crippen LogP contribution is 2.20. The summed E-state index contributed by atoms with van der Waals surface area (Å²) < 4.78 is 0. The second kappa shape index (κ2) is 7.79. The van der Waals surface area contributed by atoms with Crippen LogP contribution in [-0.4, -0.2) is 53.8 Å². The largest absolute Gasteiger partial charge is 0.342 e. The van der Waals surface area contributed by atoms with Crippen molar-refractivity contribution in [3.05, 3.63) is 35.9 Å². The molecular weight excluding hydrogens is 316 g/mol. The minimum absolute atomic E-state index is 0.201. The zero-order chi connectivity index (χ0) is 14.4. The Labute approximate surface area is 130 Å². The van der Waals surface area contributed by atoms with E-state index >= 15 is 0 Å². The number of halogens is 1. The summed E-state index contributed by atoms with van der Waals surface area (Å²) >= 11 is 3.64. The molecule has 1 aliphatic rings. The van der Waals surface area contributed by atoms with Gasteiger partial charge in [0.15, 0.2) is 0 Å². The van der Waals surface area contributed by atoms with Crippen LogP contribution < -0.4 is 0 Å². The molecule has 0 aliphatic carbocycles. The van der Waals surface area contributed by atoms with Crippen LogP contribution in [0, 0.1) is 0 Å². The summed E-state index contributed by atoms with van der Waals surface area (Å²) in [7, 11) is 0. The molecular formula is C16H23BrN2O. The maximum absolute atomic E-state index is 11.5. The van der Waals surface area contributed by atoms with Crippen molar-refractivity contribution < 1.29 is 4.79 Å². The van der Waals surface area contributed by atoms with Gasteiger partial charge in [0.2, 0.25) is 5.91 Å². The van der Waals surface area contributed by atoms with Gasteiger partial charge in [-0.05, 0) is 18.5 Å². The minimum Gasteiger partial charge on any atom is -0.342 e. The van der Waals surface area contributed by atoms with E-state index in [1.807, 2.05) is 4.90 Å². The van der Waals surface area contributed by atoms with Crippen molar-refractivity contribution >= 4 is 21.8 Å². The van der Waals surface area contributed by atoms with Gasteiger partial charge in [0.1, 0.15) is 0 Å². The van der Waals surface area contributed by atoms with Crippen molar-refractivity contribution in [1.29, 1.82) is 0 Å². The van der Waals surface area contributed by atoms with Gasteiger partial charge in [-0.2, -0.15) is 0 Å². The molecule has 1 aliphatic heterocycles. The Balaban J connectivity index is 1.93. The first-order valence-electron chi connectivity index (χ1n) is 7.29. The van der Waals surface area contributed by atoms with Gasteiger partial charge < -0.3 is 9.80 Å². The van der Waals surface area contributed by atoms with Gasteiger partial charge in [0.25, 0.3) is 0 Å². The number of carbonyl (C=O) groups excluding carboxylic acids is 1. The second-order valence-electron chi connectivity index (χ2n) is 5.42. The lowest BCUT2D eigenvalue weighted by Crippen LogP contribution is -2.35. The molecule has 1 atom stereocenters. The van der Waals surface area contributed by atoms with Crippen LogP contribution in [0.1, 0.15) is 24.8 Å². The van der Waals surface area contributed by atoms with E-state index in [0.717, 1.165) is 44.5 Å². The first-order chi connectivity index (χ1) is 9.70. The molecule has 2 rings (SSSR count). The van der Waals surface area contributed by atoms with Gasteiger partial charge in [-0.15, -0.1) is 0 Å². The maximum atomic E-state index is 11.5. The van der Waals surface area contributed by atoms with E-state index < -0.39 is 0 Å². The van der Waals surface area contributed by atoms with Crippen LogP contribution in [-0.2, 0) is 4.79 Å². The second-order valence-corrected chi connectivity index (χ2v) is 6.07. The van der Waals surface area contributed by atoms with E-state index in [4.69, 9.17) is 0 Å². The fraction of sp³-hybridized carbons (Fsp3) is 0.562. The summed E-state index contributed by atoms with van der Waals surface area (Å²) in [5.41, 5.74) is 1.39. The molecule has 0 radical (unpaired) electrons. The van der Waals surface area contributed by atoms with Gasteiger partial charge >= 0.3 is 0 Å². The third-order valence-electron chi connectivity index (χ3n) is 3.97. The van der Waals surface area contributed by atoms with Crippen molar-refractivity contribution in [2.75, 3.05) is 38.1 Å². The summed E-state index contributed by atoms with van der Waals surface area (Å²) in [4.78, 5) is 15.9. The molecule has 0 saturated carbocycles. The first kappa shape index (κ1) is 15.5. The Morgan fingerprint density at radius 3 is 2.60 bits per heavy atom. The van der Waals surface area contributed by atoms with Gasteiger partial charge in [-0.1, -0.05) is 46.3 Å². The van der Waals surface area contributed by atoms with Gasteiger partial charge in [0.05, 0.1) is 0 Å². The molecule has 4 heteroatoms. The van der Waals surface area contributed by atoms with Crippen LogP contribution in [0.3, 0.4) is 0 Å². The standard InChI is InChI=1S/C16H23BrN2O/c1-14(20)19-9-5-8-18(10-11-19)13-16(12-17)15-6-3-2-4-7-15/h2-4,6-7,16H,5,8-13H2,1H3. The number of carbonyl (C=O) groups is 1. The van der Waals surface area contributed by atoms with E-state index in [9.17, 15) is 4.79 Å². The smallest absolute Gasteiger partial charge is 0.219 e. The van der Waals surface area contributed by atoms with Crippen LogP contribution in [0.15, 0.2) is 30.3 Å². The molecule has 20 heavy (non-hydrogen) atoms. The Bertz CT molecular complexity index is 424. The minimum atomic E-state index is 0.201. The highest BCUT2D eigenvalue weighted by Gasteiger charge is 2.19. The number of alkyl halides is 1. The predicted molar refractivity (Wildman–Crippen MR) is 86.3 cm³/mol. The molecule has 1 heterocycles. The van der Waals surface area contributed by atoms with Gasteiger partial charge in [-0.25, -0.2) is 0 Å². The summed E-state index contributed by atoms with van der Waals surface area (Å²) in [6, 6.07) is 10.7. The monoisotopic (exact) mass is 338 g/mol. The fourth-order valence-corrected chi connectivity index (χ4v) is 3.33. The summed E-state index contributed by atoms with van der Waals surface area (Å²) in [6.07, 6.45) is 1.07. The number of benzene rings is 1. The average Bonchev–Trinajstić information content (AvgIpc) is 2.71. The van der Waals surface area contributed by atoms with Crippen molar-refractivity contribution in [3.8, 4) is 0 Å². The Hall–Kier alpha value is -0.870. The lowest BCUT2D eigenvalue weighted by atomic mass is 10.0. The zero-order valence-electron chi connectivity index (χ0n) is 12.1. The van der Waals surface area contributed by atoms with Crippen LogP contribution >= 0.6 is 15.9 Å². The SMILES string of the molecule is CC(=O)N1CCCN(CC(CBr)c2ccccc2)CC1. The third kappa shape index (κ3) is 4.32. The highest BCUT2D eigenvalue weighted by molar-refractivity contribution is 9.09.